The smallest absolute Gasteiger partial charge is 0.358 e. The molecule has 0 amide bonds. The monoisotopic (exact) mass is 200 g/mol. The van der Waals surface area contributed by atoms with E-state index in [-0.39, 0.29) is 0 Å². The molecular weight excluding hydrogens is 185 g/mol. The number of hydrogen-bond acceptors (Lipinski definition) is 2. The van der Waals surface area contributed by atoms with Gasteiger partial charge in [-0.2, -0.15) is 13.2 Å². The Kier molecular flexibility index (Phi) is 3.06. The van der Waals surface area contributed by atoms with Crippen molar-refractivity contribution in [3.05, 3.63) is 0 Å². The highest BCUT2D eigenvalue weighted by atomic mass is 19.4. The third kappa shape index (κ3) is 2.57. The van der Waals surface area contributed by atoms with E-state index < -0.39 is 23.3 Å². The molecule has 0 aliphatic heterocycles. The lowest BCUT2D eigenvalue weighted by Gasteiger charge is -2.38. The quantitative estimate of drug-likeness (QED) is 0.635. The summed E-state index contributed by atoms with van der Waals surface area (Å²) in [7, 11) is 0. The van der Waals surface area contributed by atoms with Gasteiger partial charge in [0.15, 0.2) is 0 Å². The average Bonchev–Trinajstić information content (AvgIpc) is 1.81. The van der Waals surface area contributed by atoms with Crippen molar-refractivity contribution in [3.63, 3.8) is 0 Å². The topological polar surface area (TPSA) is 40.5 Å². The van der Waals surface area contributed by atoms with Crippen LogP contribution in [0, 0.1) is 11.3 Å². The highest BCUT2D eigenvalue weighted by Crippen LogP contribution is 2.41. The Morgan fingerprint density at radius 3 is 1.38 bits per heavy atom. The van der Waals surface area contributed by atoms with Gasteiger partial charge in [-0.1, -0.05) is 27.7 Å². The van der Waals surface area contributed by atoms with Gasteiger partial charge in [0.2, 0.25) is 0 Å². The SMILES string of the molecule is CC(C(C)(C)C)C(O)(O)C(F)(F)F. The molecule has 1 unspecified atom stereocenters. The van der Waals surface area contributed by atoms with E-state index in [1.807, 2.05) is 0 Å². The van der Waals surface area contributed by atoms with E-state index in [4.69, 9.17) is 10.2 Å². The molecule has 2 nitrogen and oxygen atoms in total. The molecule has 13 heavy (non-hydrogen) atoms. The molecule has 0 aliphatic carbocycles. The number of alkyl halides is 3. The molecule has 0 saturated carbocycles. The van der Waals surface area contributed by atoms with Gasteiger partial charge in [0.1, 0.15) is 0 Å². The molecule has 0 radical (unpaired) electrons. The largest absolute Gasteiger partial charge is 0.443 e. The van der Waals surface area contributed by atoms with Crippen molar-refractivity contribution >= 4 is 0 Å². The average molecular weight is 200 g/mol. The third-order valence-electron chi connectivity index (χ3n) is 2.32. The van der Waals surface area contributed by atoms with E-state index in [0.29, 0.717) is 0 Å². The van der Waals surface area contributed by atoms with Crippen LogP contribution in [0.1, 0.15) is 27.7 Å². The van der Waals surface area contributed by atoms with Crippen molar-refractivity contribution in [2.45, 2.75) is 39.7 Å². The minimum Gasteiger partial charge on any atom is -0.358 e. The van der Waals surface area contributed by atoms with Crippen LogP contribution >= 0.6 is 0 Å². The first-order valence-electron chi connectivity index (χ1n) is 3.92. The Labute approximate surface area is 75.4 Å². The van der Waals surface area contributed by atoms with Gasteiger partial charge < -0.3 is 10.2 Å². The lowest BCUT2D eigenvalue weighted by molar-refractivity contribution is -0.377. The highest BCUT2D eigenvalue weighted by Gasteiger charge is 2.58. The molecule has 5 heteroatoms. The van der Waals surface area contributed by atoms with Gasteiger partial charge in [-0.05, 0) is 5.41 Å². The van der Waals surface area contributed by atoms with Crippen molar-refractivity contribution in [1.29, 1.82) is 0 Å². The molecule has 0 spiro atoms. The van der Waals surface area contributed by atoms with E-state index in [2.05, 4.69) is 0 Å². The fraction of sp³-hybridized carbons (Fsp3) is 1.00. The Balaban J connectivity index is 4.86. The molecule has 0 bridgehead atoms. The molecule has 80 valence electrons. The Morgan fingerprint density at radius 2 is 1.31 bits per heavy atom. The summed E-state index contributed by atoms with van der Waals surface area (Å²) in [4.78, 5) is 0. The molecule has 0 aliphatic rings. The van der Waals surface area contributed by atoms with Crippen LogP contribution in [0.5, 0.6) is 0 Å². The lowest BCUT2D eigenvalue weighted by Crippen LogP contribution is -2.54. The highest BCUT2D eigenvalue weighted by molar-refractivity contribution is 4.87. The van der Waals surface area contributed by atoms with Crippen LogP contribution < -0.4 is 0 Å². The first-order valence-corrected chi connectivity index (χ1v) is 3.92. The summed E-state index contributed by atoms with van der Waals surface area (Å²) >= 11 is 0. The van der Waals surface area contributed by atoms with Crippen LogP contribution in [0.3, 0.4) is 0 Å². The second-order valence-corrected chi connectivity index (χ2v) is 4.31. The van der Waals surface area contributed by atoms with E-state index in [1.54, 1.807) is 0 Å². The summed E-state index contributed by atoms with van der Waals surface area (Å²) in [6.45, 7) is 5.72. The van der Waals surface area contributed by atoms with Gasteiger partial charge in [0.05, 0.1) is 0 Å². The van der Waals surface area contributed by atoms with Crippen molar-refractivity contribution < 1.29 is 23.4 Å². The Bertz CT molecular complexity index is 179. The zero-order chi connectivity index (χ0) is 11.1. The summed E-state index contributed by atoms with van der Waals surface area (Å²) in [5.41, 5.74) is -0.820. The lowest BCUT2D eigenvalue weighted by atomic mass is 9.76. The maximum atomic E-state index is 12.1. The summed E-state index contributed by atoms with van der Waals surface area (Å²) in [6.07, 6.45) is -5.01. The van der Waals surface area contributed by atoms with Gasteiger partial charge in [-0.25, -0.2) is 0 Å². The van der Waals surface area contributed by atoms with Crippen molar-refractivity contribution in [3.8, 4) is 0 Å². The van der Waals surface area contributed by atoms with Crippen LogP contribution in [0.15, 0.2) is 0 Å². The summed E-state index contributed by atoms with van der Waals surface area (Å²) in [5, 5.41) is 17.8. The summed E-state index contributed by atoms with van der Waals surface area (Å²) in [6, 6.07) is 0. The molecule has 0 aromatic rings. The second kappa shape index (κ2) is 3.13. The van der Waals surface area contributed by atoms with E-state index in [9.17, 15) is 13.2 Å². The predicted octanol–water partition coefficient (Wildman–Crippen LogP) is 1.91. The number of rotatable bonds is 1. The molecule has 0 heterocycles. The normalized spacial score (nSPS) is 17.3. The van der Waals surface area contributed by atoms with E-state index in [0.717, 1.165) is 6.92 Å². The molecule has 2 N–H and O–H groups in total. The minimum atomic E-state index is -5.01. The maximum Gasteiger partial charge on any atom is 0.443 e. The minimum absolute atomic E-state index is 0.820. The van der Waals surface area contributed by atoms with Gasteiger partial charge in [-0.3, -0.25) is 0 Å². The molecule has 0 rings (SSSR count). The van der Waals surface area contributed by atoms with Crippen molar-refractivity contribution in [2.75, 3.05) is 0 Å². The Morgan fingerprint density at radius 1 is 1.00 bits per heavy atom. The number of hydrogen-bond donors (Lipinski definition) is 2. The molecule has 1 atom stereocenters. The Hall–Kier alpha value is -0.290. The summed E-state index contributed by atoms with van der Waals surface area (Å²) in [5.74, 6) is -4.91. The van der Waals surface area contributed by atoms with Crippen LogP contribution in [-0.4, -0.2) is 22.2 Å². The first kappa shape index (κ1) is 12.7. The van der Waals surface area contributed by atoms with E-state index >= 15 is 0 Å². The maximum absolute atomic E-state index is 12.1. The molecular formula is C8H15F3O2. The first-order chi connectivity index (χ1) is 5.40. The molecule has 0 saturated heterocycles. The summed E-state index contributed by atoms with van der Waals surface area (Å²) < 4.78 is 36.3. The fourth-order valence-electron chi connectivity index (χ4n) is 0.849. The van der Waals surface area contributed by atoms with Gasteiger partial charge >= 0.3 is 6.18 Å². The zero-order valence-corrected chi connectivity index (χ0v) is 8.11. The third-order valence-corrected chi connectivity index (χ3v) is 2.32. The van der Waals surface area contributed by atoms with E-state index in [1.165, 1.54) is 20.8 Å². The van der Waals surface area contributed by atoms with Crippen LogP contribution in [0.4, 0.5) is 13.2 Å². The fourth-order valence-corrected chi connectivity index (χ4v) is 0.849. The molecule has 0 fully saturated rings. The van der Waals surface area contributed by atoms with Crippen molar-refractivity contribution in [2.24, 2.45) is 11.3 Å². The molecule has 0 aromatic carbocycles. The van der Waals surface area contributed by atoms with Crippen LogP contribution in [0.25, 0.3) is 0 Å². The zero-order valence-electron chi connectivity index (χ0n) is 8.11. The van der Waals surface area contributed by atoms with Gasteiger partial charge in [0, 0.05) is 5.92 Å². The van der Waals surface area contributed by atoms with Gasteiger partial charge in [-0.15, -0.1) is 0 Å². The number of halogens is 3. The second-order valence-electron chi connectivity index (χ2n) is 4.31. The van der Waals surface area contributed by atoms with Crippen LogP contribution in [0.2, 0.25) is 0 Å². The predicted molar refractivity (Wildman–Crippen MR) is 41.8 cm³/mol. The standard InChI is InChI=1S/C8H15F3O2/c1-5(6(2,3)4)7(12,13)8(9,10)11/h5,12-13H,1-4H3. The van der Waals surface area contributed by atoms with Gasteiger partial charge in [0.25, 0.3) is 5.79 Å². The van der Waals surface area contributed by atoms with Crippen LogP contribution in [-0.2, 0) is 0 Å². The molecule has 0 aromatic heterocycles. The number of aliphatic hydroxyl groups is 2. The van der Waals surface area contributed by atoms with Crippen molar-refractivity contribution in [1.82, 2.24) is 0 Å².